The second-order valence-corrected chi connectivity index (χ2v) is 7.44. The van der Waals surface area contributed by atoms with Crippen LogP contribution >= 0.6 is 11.3 Å². The molecule has 136 valence electrons. The lowest BCUT2D eigenvalue weighted by molar-refractivity contribution is -0.125. The summed E-state index contributed by atoms with van der Waals surface area (Å²) in [7, 11) is 0. The SMILES string of the molecule is Cc1ccc(-c2csc(NC(=O)[C@@H]3Cc4ccccc4C(=O)O3)n2)cc1C. The molecule has 5 nitrogen and oxygen atoms in total. The molecular formula is C21H18N2O3S. The molecule has 0 aliphatic carbocycles. The zero-order chi connectivity index (χ0) is 19.0. The van der Waals surface area contributed by atoms with Crippen LogP contribution in [0.5, 0.6) is 0 Å². The standard InChI is InChI=1S/C21H18N2O3S/c1-12-7-8-15(9-13(12)2)17-11-27-21(22-17)23-19(24)18-10-14-5-3-4-6-16(14)20(25)26-18/h3-9,11,18H,10H2,1-2H3,(H,22,23,24)/t18-/m0/s1. The second kappa shape index (κ2) is 6.96. The Labute approximate surface area is 161 Å². The van der Waals surface area contributed by atoms with E-state index in [4.69, 9.17) is 4.74 Å². The van der Waals surface area contributed by atoms with E-state index in [1.54, 1.807) is 12.1 Å². The summed E-state index contributed by atoms with van der Waals surface area (Å²) in [5, 5.41) is 5.16. The molecule has 27 heavy (non-hydrogen) atoms. The monoisotopic (exact) mass is 378 g/mol. The third kappa shape index (κ3) is 3.48. The summed E-state index contributed by atoms with van der Waals surface area (Å²) < 4.78 is 5.29. The van der Waals surface area contributed by atoms with Gasteiger partial charge in [-0.15, -0.1) is 11.3 Å². The third-order valence-electron chi connectivity index (χ3n) is 4.72. The van der Waals surface area contributed by atoms with Crippen molar-refractivity contribution in [3.05, 3.63) is 70.1 Å². The van der Waals surface area contributed by atoms with Gasteiger partial charge in [-0.05, 0) is 42.7 Å². The zero-order valence-electron chi connectivity index (χ0n) is 15.0. The van der Waals surface area contributed by atoms with Gasteiger partial charge in [-0.25, -0.2) is 9.78 Å². The predicted octanol–water partition coefficient (Wildman–Crippen LogP) is 4.15. The largest absolute Gasteiger partial charge is 0.448 e. The lowest BCUT2D eigenvalue weighted by atomic mass is 9.98. The number of hydrogen-bond acceptors (Lipinski definition) is 5. The number of aryl methyl sites for hydroxylation is 2. The lowest BCUT2D eigenvalue weighted by Gasteiger charge is -2.23. The van der Waals surface area contributed by atoms with Crippen LogP contribution in [-0.2, 0) is 16.0 Å². The van der Waals surface area contributed by atoms with Gasteiger partial charge in [0.05, 0.1) is 11.3 Å². The van der Waals surface area contributed by atoms with E-state index in [1.165, 1.54) is 22.5 Å². The first-order chi connectivity index (χ1) is 13.0. The number of anilines is 1. The van der Waals surface area contributed by atoms with E-state index in [9.17, 15) is 9.59 Å². The van der Waals surface area contributed by atoms with E-state index >= 15 is 0 Å². The van der Waals surface area contributed by atoms with Crippen LogP contribution in [0, 0.1) is 13.8 Å². The molecule has 6 heteroatoms. The van der Waals surface area contributed by atoms with Crippen molar-refractivity contribution in [1.29, 1.82) is 0 Å². The fourth-order valence-corrected chi connectivity index (χ4v) is 3.75. The highest BCUT2D eigenvalue weighted by Crippen LogP contribution is 2.27. The number of hydrogen-bond donors (Lipinski definition) is 1. The maximum Gasteiger partial charge on any atom is 0.339 e. The van der Waals surface area contributed by atoms with Gasteiger partial charge in [-0.2, -0.15) is 0 Å². The van der Waals surface area contributed by atoms with Crippen molar-refractivity contribution in [3.63, 3.8) is 0 Å². The molecule has 0 saturated carbocycles. The molecule has 1 N–H and O–H groups in total. The van der Waals surface area contributed by atoms with Crippen LogP contribution < -0.4 is 5.32 Å². The molecule has 1 aromatic heterocycles. The fourth-order valence-electron chi connectivity index (χ4n) is 3.03. The van der Waals surface area contributed by atoms with Crippen LogP contribution in [0.25, 0.3) is 11.3 Å². The Balaban J connectivity index is 1.49. The minimum absolute atomic E-state index is 0.362. The molecule has 0 spiro atoms. The molecule has 0 fully saturated rings. The molecule has 0 unspecified atom stereocenters. The molecule has 2 aromatic carbocycles. The van der Waals surface area contributed by atoms with Gasteiger partial charge in [0.15, 0.2) is 11.2 Å². The molecule has 0 bridgehead atoms. The Kier molecular flexibility index (Phi) is 4.49. The van der Waals surface area contributed by atoms with E-state index in [-0.39, 0.29) is 5.91 Å². The van der Waals surface area contributed by atoms with Crippen molar-refractivity contribution in [2.75, 3.05) is 5.32 Å². The fraction of sp³-hybridized carbons (Fsp3) is 0.190. The molecule has 1 atom stereocenters. The number of esters is 1. The molecule has 1 aliphatic heterocycles. The average molecular weight is 378 g/mol. The summed E-state index contributed by atoms with van der Waals surface area (Å²) in [5.74, 6) is -0.828. The molecule has 3 aromatic rings. The summed E-state index contributed by atoms with van der Waals surface area (Å²) in [5.41, 5.74) is 5.58. The molecule has 1 amide bonds. The Hall–Kier alpha value is -2.99. The van der Waals surface area contributed by atoms with Crippen LogP contribution in [0.2, 0.25) is 0 Å². The van der Waals surface area contributed by atoms with E-state index < -0.39 is 12.1 Å². The Morgan fingerprint density at radius 1 is 1.19 bits per heavy atom. The first-order valence-corrected chi connectivity index (χ1v) is 9.52. The molecule has 4 rings (SSSR count). The maximum absolute atomic E-state index is 12.5. The molecule has 1 aliphatic rings. The van der Waals surface area contributed by atoms with Crippen LogP contribution in [0.3, 0.4) is 0 Å². The van der Waals surface area contributed by atoms with Gasteiger partial charge in [-0.3, -0.25) is 10.1 Å². The van der Waals surface area contributed by atoms with Gasteiger partial charge in [0, 0.05) is 17.4 Å². The molecule has 0 radical (unpaired) electrons. The highest BCUT2D eigenvalue weighted by atomic mass is 32.1. The van der Waals surface area contributed by atoms with Gasteiger partial charge < -0.3 is 4.74 Å². The van der Waals surface area contributed by atoms with Gasteiger partial charge in [0.1, 0.15) is 0 Å². The van der Waals surface area contributed by atoms with Gasteiger partial charge in [0.2, 0.25) is 0 Å². The molecule has 2 heterocycles. The number of ether oxygens (including phenoxy) is 1. The topological polar surface area (TPSA) is 68.3 Å². The normalized spacial score (nSPS) is 15.8. The number of thiazole rings is 1. The van der Waals surface area contributed by atoms with Crippen molar-refractivity contribution in [3.8, 4) is 11.3 Å². The first-order valence-electron chi connectivity index (χ1n) is 8.64. The number of benzene rings is 2. The van der Waals surface area contributed by atoms with Crippen LogP contribution in [0.4, 0.5) is 5.13 Å². The summed E-state index contributed by atoms with van der Waals surface area (Å²) in [6.45, 7) is 4.12. The highest BCUT2D eigenvalue weighted by molar-refractivity contribution is 7.14. The molecule has 0 saturated heterocycles. The van der Waals surface area contributed by atoms with Crippen LogP contribution in [0.15, 0.2) is 47.8 Å². The van der Waals surface area contributed by atoms with E-state index in [1.807, 2.05) is 23.6 Å². The van der Waals surface area contributed by atoms with Crippen molar-refractivity contribution in [1.82, 2.24) is 4.98 Å². The van der Waals surface area contributed by atoms with Gasteiger partial charge in [-0.1, -0.05) is 30.3 Å². The minimum atomic E-state index is -0.846. The average Bonchev–Trinajstić information content (AvgIpc) is 3.12. The zero-order valence-corrected chi connectivity index (χ0v) is 15.8. The number of aromatic nitrogens is 1. The van der Waals surface area contributed by atoms with Gasteiger partial charge >= 0.3 is 5.97 Å². The summed E-state index contributed by atoms with van der Waals surface area (Å²) in [6, 6.07) is 13.3. The maximum atomic E-state index is 12.5. The summed E-state index contributed by atoms with van der Waals surface area (Å²) >= 11 is 1.35. The Morgan fingerprint density at radius 3 is 2.81 bits per heavy atom. The van der Waals surface area contributed by atoms with Crippen molar-refractivity contribution >= 4 is 28.3 Å². The minimum Gasteiger partial charge on any atom is -0.448 e. The Bertz CT molecular complexity index is 1040. The Morgan fingerprint density at radius 2 is 2.00 bits per heavy atom. The smallest absolute Gasteiger partial charge is 0.339 e. The van der Waals surface area contributed by atoms with Crippen molar-refractivity contribution < 1.29 is 14.3 Å². The quantitative estimate of drug-likeness (QED) is 0.695. The van der Waals surface area contributed by atoms with E-state index in [2.05, 4.69) is 36.3 Å². The number of carbonyl (C=O) groups is 2. The van der Waals surface area contributed by atoms with E-state index in [0.717, 1.165) is 16.8 Å². The van der Waals surface area contributed by atoms with Crippen LogP contribution in [0.1, 0.15) is 27.0 Å². The number of nitrogens with one attached hydrogen (secondary N) is 1. The number of amides is 1. The lowest BCUT2D eigenvalue weighted by Crippen LogP contribution is -2.37. The van der Waals surface area contributed by atoms with Crippen molar-refractivity contribution in [2.24, 2.45) is 0 Å². The third-order valence-corrected chi connectivity index (χ3v) is 5.48. The number of nitrogens with zero attached hydrogens (tertiary/aromatic N) is 1. The van der Waals surface area contributed by atoms with E-state index in [0.29, 0.717) is 17.1 Å². The highest BCUT2D eigenvalue weighted by Gasteiger charge is 2.31. The number of rotatable bonds is 3. The van der Waals surface area contributed by atoms with Crippen molar-refractivity contribution in [2.45, 2.75) is 26.4 Å². The van der Waals surface area contributed by atoms with Crippen LogP contribution in [-0.4, -0.2) is 23.0 Å². The second-order valence-electron chi connectivity index (χ2n) is 6.58. The first kappa shape index (κ1) is 17.4. The molecular weight excluding hydrogens is 360 g/mol. The number of cyclic esters (lactones) is 1. The number of fused-ring (bicyclic) bond motifs is 1. The van der Waals surface area contributed by atoms with Gasteiger partial charge in [0.25, 0.3) is 5.91 Å². The summed E-state index contributed by atoms with van der Waals surface area (Å²) in [4.78, 5) is 29.1. The summed E-state index contributed by atoms with van der Waals surface area (Å²) in [6.07, 6.45) is -0.482. The number of carbonyl (C=O) groups excluding carboxylic acids is 2. The predicted molar refractivity (Wildman–Crippen MR) is 105 cm³/mol.